The van der Waals surface area contributed by atoms with Crippen LogP contribution in [0.2, 0.25) is 0 Å². The van der Waals surface area contributed by atoms with Crippen molar-refractivity contribution >= 4 is 0 Å². The molecule has 2 N–H and O–H groups in total. The minimum absolute atomic E-state index is 1.02. The van der Waals surface area contributed by atoms with E-state index in [0.29, 0.717) is 0 Å². The molecule has 156 valence electrons. The lowest BCUT2D eigenvalue weighted by molar-refractivity contribution is 0.523. The van der Waals surface area contributed by atoms with Crippen LogP contribution in [-0.4, -0.2) is 0 Å². The number of unbranched alkanes of at least 4 members (excludes halogenated alkanes) is 18. The second-order valence-electron chi connectivity index (χ2n) is 8.58. The van der Waals surface area contributed by atoms with E-state index in [4.69, 9.17) is 5.73 Å². The molecule has 0 fully saturated rings. The molecule has 0 bridgehead atoms. The molecule has 0 aliphatic rings. The normalized spacial score (nSPS) is 12.4. The zero-order valence-electron chi connectivity index (χ0n) is 18.7. The molecule has 0 saturated carbocycles. The van der Waals surface area contributed by atoms with Crippen molar-refractivity contribution in [2.45, 2.75) is 149 Å². The quantitative estimate of drug-likeness (QED) is 0.214. The van der Waals surface area contributed by atoms with Gasteiger partial charge in [-0.1, -0.05) is 128 Å². The molecule has 0 aromatic rings. The lowest BCUT2D eigenvalue weighted by Gasteiger charge is -2.05. The summed E-state index contributed by atoms with van der Waals surface area (Å²) in [5, 5.41) is 0. The van der Waals surface area contributed by atoms with Gasteiger partial charge in [-0.2, -0.15) is 0 Å². The van der Waals surface area contributed by atoms with Crippen molar-refractivity contribution in [2.75, 3.05) is 0 Å². The molecule has 0 aliphatic heterocycles. The third-order valence-corrected chi connectivity index (χ3v) is 5.83. The van der Waals surface area contributed by atoms with Crippen LogP contribution in [-0.2, 0) is 0 Å². The Morgan fingerprint density at radius 2 is 0.731 bits per heavy atom. The van der Waals surface area contributed by atoms with Crippen LogP contribution in [0.3, 0.4) is 0 Å². The largest absolute Gasteiger partial charge is 0.402 e. The lowest BCUT2D eigenvalue weighted by Crippen LogP contribution is -1.95. The first-order chi connectivity index (χ1) is 12.7. The molecule has 0 atom stereocenters. The highest BCUT2D eigenvalue weighted by Gasteiger charge is 1.96. The number of hydrogen-bond donors (Lipinski definition) is 1. The molecule has 0 radical (unpaired) electrons. The molecule has 1 heteroatoms. The first-order valence-corrected chi connectivity index (χ1v) is 12.1. The summed E-state index contributed by atoms with van der Waals surface area (Å²) in [6.07, 6.45) is 28.6. The van der Waals surface area contributed by atoms with E-state index in [0.717, 1.165) is 5.70 Å². The molecular weight excluding hydrogens is 314 g/mol. The third kappa shape index (κ3) is 19.9. The summed E-state index contributed by atoms with van der Waals surface area (Å²) in [4.78, 5) is 0. The number of nitrogens with two attached hydrogens (primary N) is 1. The highest BCUT2D eigenvalue weighted by Crippen LogP contribution is 2.15. The van der Waals surface area contributed by atoms with E-state index in [-0.39, 0.29) is 0 Å². The Labute approximate surface area is 166 Å². The molecule has 0 aliphatic carbocycles. The standard InChI is InChI=1S/C25H51N/c1-4-5-6-7-8-9-10-11-12-13-14-15-16-17-18-19-20-21-22-23-24(2)25(3)26/h4-23,26H2,1-3H3. The monoisotopic (exact) mass is 365 g/mol. The van der Waals surface area contributed by atoms with Gasteiger partial charge in [-0.25, -0.2) is 0 Å². The zero-order chi connectivity index (χ0) is 19.3. The van der Waals surface area contributed by atoms with Gasteiger partial charge in [-0.05, 0) is 26.7 Å². The summed E-state index contributed by atoms with van der Waals surface area (Å²) < 4.78 is 0. The van der Waals surface area contributed by atoms with E-state index in [1.54, 1.807) is 0 Å². The minimum Gasteiger partial charge on any atom is -0.402 e. The molecule has 0 heterocycles. The van der Waals surface area contributed by atoms with Gasteiger partial charge >= 0.3 is 0 Å². The van der Waals surface area contributed by atoms with E-state index in [1.807, 2.05) is 6.92 Å². The van der Waals surface area contributed by atoms with Crippen LogP contribution in [0, 0.1) is 0 Å². The van der Waals surface area contributed by atoms with Crippen molar-refractivity contribution in [3.05, 3.63) is 11.3 Å². The fourth-order valence-electron chi connectivity index (χ4n) is 3.67. The fourth-order valence-corrected chi connectivity index (χ4v) is 3.67. The highest BCUT2D eigenvalue weighted by atomic mass is 14.6. The Hall–Kier alpha value is -0.460. The van der Waals surface area contributed by atoms with Crippen LogP contribution in [0.1, 0.15) is 149 Å². The second kappa shape index (κ2) is 20.8. The average Bonchev–Trinajstić information content (AvgIpc) is 2.63. The van der Waals surface area contributed by atoms with Crippen LogP contribution in [0.25, 0.3) is 0 Å². The van der Waals surface area contributed by atoms with Gasteiger partial charge in [0, 0.05) is 5.70 Å². The van der Waals surface area contributed by atoms with Gasteiger partial charge in [0.15, 0.2) is 0 Å². The summed E-state index contributed by atoms with van der Waals surface area (Å²) in [6, 6.07) is 0. The van der Waals surface area contributed by atoms with Gasteiger partial charge < -0.3 is 5.73 Å². The van der Waals surface area contributed by atoms with E-state index in [9.17, 15) is 0 Å². The predicted molar refractivity (Wildman–Crippen MR) is 121 cm³/mol. The Morgan fingerprint density at radius 3 is 1.00 bits per heavy atom. The summed E-state index contributed by atoms with van der Waals surface area (Å²) in [7, 11) is 0. The van der Waals surface area contributed by atoms with Gasteiger partial charge in [-0.15, -0.1) is 0 Å². The Balaban J connectivity index is 3.06. The molecule has 0 saturated heterocycles. The van der Waals surface area contributed by atoms with Crippen molar-refractivity contribution < 1.29 is 0 Å². The van der Waals surface area contributed by atoms with Crippen molar-refractivity contribution in [3.8, 4) is 0 Å². The van der Waals surface area contributed by atoms with Crippen molar-refractivity contribution in [1.29, 1.82) is 0 Å². The molecule has 0 unspecified atom stereocenters. The van der Waals surface area contributed by atoms with Gasteiger partial charge in [0.2, 0.25) is 0 Å². The molecule has 0 amide bonds. The summed E-state index contributed by atoms with van der Waals surface area (Å²) in [5.74, 6) is 0. The van der Waals surface area contributed by atoms with Gasteiger partial charge in [0.25, 0.3) is 0 Å². The van der Waals surface area contributed by atoms with E-state index < -0.39 is 0 Å². The van der Waals surface area contributed by atoms with Crippen LogP contribution in [0.4, 0.5) is 0 Å². The fraction of sp³-hybridized carbons (Fsp3) is 0.920. The number of allylic oxidation sites excluding steroid dienone is 2. The summed E-state index contributed by atoms with van der Waals surface area (Å²) >= 11 is 0. The van der Waals surface area contributed by atoms with Crippen LogP contribution in [0.15, 0.2) is 11.3 Å². The Bertz CT molecular complexity index is 301. The molecule has 0 rings (SSSR count). The first kappa shape index (κ1) is 25.5. The maximum absolute atomic E-state index is 5.80. The summed E-state index contributed by atoms with van der Waals surface area (Å²) in [5.41, 5.74) is 8.20. The first-order valence-electron chi connectivity index (χ1n) is 12.1. The van der Waals surface area contributed by atoms with Crippen molar-refractivity contribution in [1.82, 2.24) is 0 Å². The molecule has 0 aromatic heterocycles. The summed E-state index contributed by atoms with van der Waals surface area (Å²) in [6.45, 7) is 6.49. The Morgan fingerprint density at radius 1 is 0.462 bits per heavy atom. The highest BCUT2D eigenvalue weighted by molar-refractivity contribution is 5.04. The molecular formula is C25H51N. The Kier molecular flexibility index (Phi) is 20.5. The van der Waals surface area contributed by atoms with Crippen LogP contribution >= 0.6 is 0 Å². The van der Waals surface area contributed by atoms with Crippen LogP contribution < -0.4 is 5.73 Å². The smallest absolute Gasteiger partial charge is 0.00379 e. The molecule has 1 nitrogen and oxygen atoms in total. The maximum Gasteiger partial charge on any atom is 0.00379 e. The van der Waals surface area contributed by atoms with Crippen molar-refractivity contribution in [3.63, 3.8) is 0 Å². The number of hydrogen-bond acceptors (Lipinski definition) is 1. The van der Waals surface area contributed by atoms with Crippen molar-refractivity contribution in [2.24, 2.45) is 5.73 Å². The average molecular weight is 366 g/mol. The van der Waals surface area contributed by atoms with Gasteiger partial charge in [0.05, 0.1) is 0 Å². The predicted octanol–water partition coefficient (Wildman–Crippen LogP) is 9.06. The molecule has 0 spiro atoms. The lowest BCUT2D eigenvalue weighted by atomic mass is 10.0. The molecule has 26 heavy (non-hydrogen) atoms. The SMILES string of the molecule is CCCCCCCCCCCCCCCCCCCCCC(C)=C(C)N. The number of rotatable bonds is 20. The molecule has 0 aromatic carbocycles. The van der Waals surface area contributed by atoms with E-state index in [1.165, 1.54) is 134 Å². The minimum atomic E-state index is 1.02. The van der Waals surface area contributed by atoms with E-state index in [2.05, 4.69) is 13.8 Å². The van der Waals surface area contributed by atoms with Gasteiger partial charge in [-0.3, -0.25) is 0 Å². The van der Waals surface area contributed by atoms with E-state index >= 15 is 0 Å². The topological polar surface area (TPSA) is 26.0 Å². The third-order valence-electron chi connectivity index (χ3n) is 5.83. The maximum atomic E-state index is 5.80. The second-order valence-corrected chi connectivity index (χ2v) is 8.58. The van der Waals surface area contributed by atoms with Gasteiger partial charge in [0.1, 0.15) is 0 Å². The zero-order valence-corrected chi connectivity index (χ0v) is 18.7. The van der Waals surface area contributed by atoms with Crippen LogP contribution in [0.5, 0.6) is 0 Å².